The van der Waals surface area contributed by atoms with Crippen molar-refractivity contribution in [1.82, 2.24) is 0 Å². The molecule has 0 amide bonds. The summed E-state index contributed by atoms with van der Waals surface area (Å²) in [6.07, 6.45) is 0. The van der Waals surface area contributed by atoms with Crippen molar-refractivity contribution in [3.8, 4) is 0 Å². The van der Waals surface area contributed by atoms with Gasteiger partial charge in [-0.2, -0.15) is 0 Å². The molecule has 0 fully saturated rings. The molecule has 2 nitrogen and oxygen atoms in total. The minimum Gasteiger partial charge on any atom is -0.440 e. The highest BCUT2D eigenvalue weighted by molar-refractivity contribution is 9.15. The SMILES string of the molecule is Brc1oc(SSc2oc(Br)c(Br)c2Br)c(Br)c1Br. The summed E-state index contributed by atoms with van der Waals surface area (Å²) >= 11 is 20.3. The topological polar surface area (TPSA) is 26.3 Å². The zero-order chi connectivity index (χ0) is 13.4. The van der Waals surface area contributed by atoms with Crippen LogP contribution < -0.4 is 0 Å². The lowest BCUT2D eigenvalue weighted by Gasteiger charge is -1.95. The fourth-order valence-electron chi connectivity index (χ4n) is 0.877. The van der Waals surface area contributed by atoms with Gasteiger partial charge in [0.1, 0.15) is 0 Å². The molecule has 2 aromatic heterocycles. The van der Waals surface area contributed by atoms with Crippen LogP contribution in [0.15, 0.2) is 46.2 Å². The number of hydrogen-bond donors (Lipinski definition) is 0. The monoisotopic (exact) mass is 665 g/mol. The standard InChI is InChI=1S/C8Br6O2S2/c9-1-3(11)7(15-5(1)13)17-18-8-4(12)2(10)6(14)16-8. The van der Waals surface area contributed by atoms with Crippen LogP contribution in [0.5, 0.6) is 0 Å². The van der Waals surface area contributed by atoms with Gasteiger partial charge in [0.05, 0.1) is 17.9 Å². The minimum absolute atomic E-state index is 0.651. The molecule has 0 N–H and O–H groups in total. The van der Waals surface area contributed by atoms with E-state index in [1.54, 1.807) is 0 Å². The molecule has 0 radical (unpaired) electrons. The highest BCUT2D eigenvalue weighted by atomic mass is 79.9. The largest absolute Gasteiger partial charge is 0.440 e. The number of rotatable bonds is 3. The summed E-state index contributed by atoms with van der Waals surface area (Å²) < 4.78 is 15.8. The molecule has 0 aliphatic carbocycles. The highest BCUT2D eigenvalue weighted by Crippen LogP contribution is 2.51. The lowest BCUT2D eigenvalue weighted by molar-refractivity contribution is 0.447. The molecule has 0 aromatic carbocycles. The molecule has 10 heteroatoms. The van der Waals surface area contributed by atoms with E-state index in [0.29, 0.717) is 9.34 Å². The average Bonchev–Trinajstić information content (AvgIpc) is 2.72. The Labute approximate surface area is 161 Å². The third kappa shape index (κ3) is 3.48. The Morgan fingerprint density at radius 1 is 0.556 bits per heavy atom. The Morgan fingerprint density at radius 2 is 0.889 bits per heavy atom. The van der Waals surface area contributed by atoms with Gasteiger partial charge in [-0.15, -0.1) is 0 Å². The van der Waals surface area contributed by atoms with Crippen molar-refractivity contribution in [3.63, 3.8) is 0 Å². The molecule has 2 rings (SSSR count). The summed E-state index contributed by atoms with van der Waals surface area (Å²) in [7, 11) is 2.90. The van der Waals surface area contributed by atoms with Crippen LogP contribution in [0, 0.1) is 0 Å². The van der Waals surface area contributed by atoms with Gasteiger partial charge in [0.25, 0.3) is 0 Å². The van der Waals surface area contributed by atoms with E-state index >= 15 is 0 Å². The fraction of sp³-hybridized carbons (Fsp3) is 0. The summed E-state index contributed by atoms with van der Waals surface area (Å²) in [5.41, 5.74) is 0. The summed E-state index contributed by atoms with van der Waals surface area (Å²) in [5.74, 6) is 0. The zero-order valence-electron chi connectivity index (χ0n) is 7.90. The molecule has 0 aliphatic heterocycles. The van der Waals surface area contributed by atoms with Crippen molar-refractivity contribution < 1.29 is 8.83 Å². The normalized spacial score (nSPS) is 11.2. The second-order valence-corrected chi connectivity index (χ2v) is 9.44. The predicted molar refractivity (Wildman–Crippen MR) is 95.3 cm³/mol. The van der Waals surface area contributed by atoms with Gasteiger partial charge >= 0.3 is 0 Å². The predicted octanol–water partition coefficient (Wildman–Crippen LogP) is 8.25. The zero-order valence-corrected chi connectivity index (χ0v) is 19.0. The van der Waals surface area contributed by atoms with Crippen LogP contribution >= 0.6 is 117 Å². The maximum absolute atomic E-state index is 5.53. The smallest absolute Gasteiger partial charge is 0.188 e. The molecule has 0 spiro atoms. The van der Waals surface area contributed by atoms with E-state index in [2.05, 4.69) is 95.6 Å². The van der Waals surface area contributed by atoms with Crippen LogP contribution in [0.2, 0.25) is 0 Å². The van der Waals surface area contributed by atoms with Crippen LogP contribution in [0.4, 0.5) is 0 Å². The second-order valence-electron chi connectivity index (χ2n) is 2.75. The van der Waals surface area contributed by atoms with Crippen molar-refractivity contribution >= 4 is 117 Å². The summed E-state index contributed by atoms with van der Waals surface area (Å²) in [4.78, 5) is 0. The van der Waals surface area contributed by atoms with Gasteiger partial charge in [0.2, 0.25) is 0 Å². The molecular weight excluding hydrogens is 672 g/mol. The van der Waals surface area contributed by atoms with E-state index < -0.39 is 0 Å². The highest BCUT2D eigenvalue weighted by Gasteiger charge is 2.19. The van der Waals surface area contributed by atoms with Crippen molar-refractivity contribution in [2.24, 2.45) is 0 Å². The van der Waals surface area contributed by atoms with Gasteiger partial charge in [-0.05, 0) is 117 Å². The summed E-state index contributed by atoms with van der Waals surface area (Å²) in [5, 5.41) is 1.49. The Morgan fingerprint density at radius 3 is 1.11 bits per heavy atom. The first-order valence-electron chi connectivity index (χ1n) is 4.03. The Kier molecular flexibility index (Phi) is 6.36. The van der Waals surface area contributed by atoms with Crippen molar-refractivity contribution in [2.45, 2.75) is 10.2 Å². The molecule has 0 saturated heterocycles. The van der Waals surface area contributed by atoms with Gasteiger partial charge in [-0.1, -0.05) is 0 Å². The van der Waals surface area contributed by atoms with E-state index in [1.165, 1.54) is 21.6 Å². The fourth-order valence-corrected chi connectivity index (χ4v) is 6.67. The van der Waals surface area contributed by atoms with Crippen molar-refractivity contribution in [1.29, 1.82) is 0 Å². The second kappa shape index (κ2) is 6.93. The Hall–Kier alpha value is 2.14. The molecule has 0 saturated carbocycles. The molecule has 2 heterocycles. The number of halogens is 6. The molecule has 0 atom stereocenters. The van der Waals surface area contributed by atoms with E-state index in [-0.39, 0.29) is 0 Å². The molecule has 18 heavy (non-hydrogen) atoms. The molecule has 0 unspecified atom stereocenters. The number of hydrogen-bond acceptors (Lipinski definition) is 4. The minimum atomic E-state index is 0.651. The number of furan rings is 2. The summed E-state index contributed by atoms with van der Waals surface area (Å²) in [6, 6.07) is 0. The quantitative estimate of drug-likeness (QED) is 0.307. The van der Waals surface area contributed by atoms with Crippen LogP contribution in [-0.4, -0.2) is 0 Å². The molecule has 98 valence electrons. The van der Waals surface area contributed by atoms with Crippen LogP contribution in [0.1, 0.15) is 0 Å². The van der Waals surface area contributed by atoms with Crippen molar-refractivity contribution in [2.75, 3.05) is 0 Å². The first-order chi connectivity index (χ1) is 8.41. The van der Waals surface area contributed by atoms with E-state index in [0.717, 1.165) is 28.1 Å². The molecule has 2 aromatic rings. The van der Waals surface area contributed by atoms with Crippen LogP contribution in [0.25, 0.3) is 0 Å². The Bertz CT molecular complexity index is 541. The van der Waals surface area contributed by atoms with E-state index in [9.17, 15) is 0 Å². The maximum atomic E-state index is 5.53. The van der Waals surface area contributed by atoms with Gasteiger partial charge in [-0.3, -0.25) is 0 Å². The third-order valence-electron chi connectivity index (χ3n) is 1.65. The Balaban J connectivity index is 2.16. The first kappa shape index (κ1) is 16.5. The maximum Gasteiger partial charge on any atom is 0.188 e. The lowest BCUT2D eigenvalue weighted by atomic mass is 10.7. The van der Waals surface area contributed by atoms with Gasteiger partial charge in [-0.25, -0.2) is 0 Å². The molecule has 0 bridgehead atoms. The first-order valence-corrected chi connectivity index (χ1v) is 10.9. The van der Waals surface area contributed by atoms with Crippen molar-refractivity contribution in [3.05, 3.63) is 27.2 Å². The molecular formula is C8Br6O2S2. The van der Waals surface area contributed by atoms with Crippen LogP contribution in [0.3, 0.4) is 0 Å². The molecule has 0 aliphatic rings. The van der Waals surface area contributed by atoms with E-state index in [4.69, 9.17) is 8.83 Å². The summed E-state index contributed by atoms with van der Waals surface area (Å²) in [6.45, 7) is 0. The average molecular weight is 672 g/mol. The van der Waals surface area contributed by atoms with Gasteiger partial charge in [0.15, 0.2) is 19.5 Å². The lowest BCUT2D eigenvalue weighted by Crippen LogP contribution is -1.64. The van der Waals surface area contributed by atoms with E-state index in [1.807, 2.05) is 0 Å². The third-order valence-corrected chi connectivity index (χ3v) is 10.6. The van der Waals surface area contributed by atoms with Gasteiger partial charge in [0, 0.05) is 0 Å². The van der Waals surface area contributed by atoms with Gasteiger partial charge < -0.3 is 8.83 Å². The van der Waals surface area contributed by atoms with Crippen LogP contribution in [-0.2, 0) is 0 Å².